The fraction of sp³-hybridized carbons (Fsp3) is 0.212. The number of carbonyl (C=O) groups is 2. The van der Waals surface area contributed by atoms with Gasteiger partial charge in [-0.2, -0.15) is 4.98 Å². The van der Waals surface area contributed by atoms with Crippen molar-refractivity contribution in [3.8, 4) is 16.9 Å². The molecule has 1 aliphatic heterocycles. The molecule has 1 atom stereocenters. The van der Waals surface area contributed by atoms with Gasteiger partial charge in [0, 0.05) is 42.6 Å². The Labute approximate surface area is 253 Å². The number of aromatic nitrogens is 3. The monoisotopic (exact) mass is 594 g/mol. The molecule has 11 heteroatoms. The van der Waals surface area contributed by atoms with Crippen LogP contribution in [0, 0.1) is 5.82 Å². The summed E-state index contributed by atoms with van der Waals surface area (Å²) in [6.07, 6.45) is 3.89. The van der Waals surface area contributed by atoms with Crippen molar-refractivity contribution in [3.05, 3.63) is 108 Å². The maximum atomic E-state index is 13.1. The van der Waals surface area contributed by atoms with Crippen LogP contribution in [0.1, 0.15) is 39.1 Å². The van der Waals surface area contributed by atoms with Gasteiger partial charge in [-0.1, -0.05) is 24.3 Å². The second-order valence-electron chi connectivity index (χ2n) is 10.4. The zero-order valence-electron chi connectivity index (χ0n) is 24.0. The van der Waals surface area contributed by atoms with Gasteiger partial charge in [-0.05, 0) is 78.6 Å². The van der Waals surface area contributed by atoms with E-state index < -0.39 is 0 Å². The number of carbonyl (C=O) groups excluding carboxylic acids is 2. The van der Waals surface area contributed by atoms with E-state index in [4.69, 9.17) is 9.47 Å². The number of nitrogens with one attached hydrogen (secondary N) is 3. The molecule has 44 heavy (non-hydrogen) atoms. The van der Waals surface area contributed by atoms with Gasteiger partial charge in [0.1, 0.15) is 11.6 Å². The first kappa shape index (κ1) is 28.8. The third-order valence-electron chi connectivity index (χ3n) is 7.40. The standard InChI is InChI=1S/C33H31FN6O4/c1-43-29-17-24(32(42)36-19-27-3-2-16-44-27)10-14-28(29)37-33-38-30-15-11-25(20-40(30)39-33)22-6-8-23(9-7-22)31(41)35-18-21-4-12-26(34)13-5-21/h4-15,17,20,27H,2-3,16,18-19H2,1H3,(H,35,41)(H,36,42)(H,37,39)/t27-/m0/s1. The number of benzene rings is 3. The second-order valence-corrected chi connectivity index (χ2v) is 10.4. The van der Waals surface area contributed by atoms with Crippen LogP contribution in [-0.2, 0) is 11.3 Å². The highest BCUT2D eigenvalue weighted by Gasteiger charge is 2.18. The molecule has 1 saturated heterocycles. The molecular weight excluding hydrogens is 563 g/mol. The van der Waals surface area contributed by atoms with E-state index in [1.54, 1.807) is 54.1 Å². The van der Waals surface area contributed by atoms with Crippen LogP contribution in [-0.4, -0.2) is 52.8 Å². The average molecular weight is 595 g/mol. The van der Waals surface area contributed by atoms with Gasteiger partial charge in [-0.15, -0.1) is 5.10 Å². The molecule has 0 saturated carbocycles. The largest absolute Gasteiger partial charge is 0.495 e. The Hall–Kier alpha value is -5.29. The van der Waals surface area contributed by atoms with Crippen molar-refractivity contribution in [1.82, 2.24) is 25.2 Å². The van der Waals surface area contributed by atoms with E-state index in [1.807, 2.05) is 30.5 Å². The van der Waals surface area contributed by atoms with Gasteiger partial charge in [0.2, 0.25) is 5.95 Å². The summed E-state index contributed by atoms with van der Waals surface area (Å²) in [5.74, 6) is 0.124. The van der Waals surface area contributed by atoms with Gasteiger partial charge in [-0.25, -0.2) is 8.91 Å². The summed E-state index contributed by atoms with van der Waals surface area (Å²) in [4.78, 5) is 29.8. The molecule has 3 aromatic carbocycles. The number of hydrogen-bond acceptors (Lipinski definition) is 7. The predicted molar refractivity (Wildman–Crippen MR) is 164 cm³/mol. The number of pyridine rings is 1. The number of anilines is 2. The zero-order valence-corrected chi connectivity index (χ0v) is 24.0. The minimum Gasteiger partial charge on any atom is -0.495 e. The number of halogens is 1. The van der Waals surface area contributed by atoms with E-state index in [9.17, 15) is 14.0 Å². The first-order chi connectivity index (χ1) is 21.4. The number of methoxy groups -OCH3 is 1. The van der Waals surface area contributed by atoms with E-state index in [0.29, 0.717) is 47.2 Å². The van der Waals surface area contributed by atoms with E-state index in [-0.39, 0.29) is 23.7 Å². The second kappa shape index (κ2) is 12.9. The Morgan fingerprint density at radius 3 is 2.45 bits per heavy atom. The molecule has 224 valence electrons. The average Bonchev–Trinajstić information content (AvgIpc) is 3.73. The Bertz CT molecular complexity index is 1780. The first-order valence-corrected chi connectivity index (χ1v) is 14.3. The summed E-state index contributed by atoms with van der Waals surface area (Å²) in [5.41, 5.74) is 4.86. The Balaban J connectivity index is 1.10. The molecule has 3 N–H and O–H groups in total. The van der Waals surface area contributed by atoms with E-state index in [2.05, 4.69) is 26.0 Å². The topological polar surface area (TPSA) is 119 Å². The molecular formula is C33H31FN6O4. The van der Waals surface area contributed by atoms with Gasteiger partial charge in [-0.3, -0.25) is 9.59 Å². The van der Waals surface area contributed by atoms with Crippen LogP contribution < -0.4 is 20.7 Å². The highest BCUT2D eigenvalue weighted by atomic mass is 19.1. The fourth-order valence-corrected chi connectivity index (χ4v) is 4.98. The van der Waals surface area contributed by atoms with Crippen LogP contribution in [0.2, 0.25) is 0 Å². The summed E-state index contributed by atoms with van der Waals surface area (Å²) >= 11 is 0. The summed E-state index contributed by atoms with van der Waals surface area (Å²) in [6, 6.07) is 22.2. The number of nitrogens with zero attached hydrogens (tertiary/aromatic N) is 3. The Morgan fingerprint density at radius 1 is 0.955 bits per heavy atom. The smallest absolute Gasteiger partial charge is 0.251 e. The molecule has 0 aliphatic carbocycles. The summed E-state index contributed by atoms with van der Waals surface area (Å²) in [7, 11) is 1.54. The van der Waals surface area contributed by atoms with Gasteiger partial charge in [0.25, 0.3) is 11.8 Å². The van der Waals surface area contributed by atoms with Crippen molar-refractivity contribution >= 4 is 29.1 Å². The normalized spacial score (nSPS) is 14.4. The lowest BCUT2D eigenvalue weighted by Crippen LogP contribution is -2.31. The zero-order chi connectivity index (χ0) is 30.5. The number of ether oxygens (including phenoxy) is 2. The molecule has 0 radical (unpaired) electrons. The van der Waals surface area contributed by atoms with Gasteiger partial charge < -0.3 is 25.4 Å². The molecule has 3 heterocycles. The SMILES string of the molecule is COc1cc(C(=O)NC[C@@H]2CCCO2)ccc1Nc1nc2ccc(-c3ccc(C(=O)NCc4ccc(F)cc4)cc3)cn2n1. The van der Waals surface area contributed by atoms with Crippen molar-refractivity contribution in [1.29, 1.82) is 0 Å². The van der Waals surface area contributed by atoms with Crippen molar-refractivity contribution in [2.45, 2.75) is 25.5 Å². The molecule has 5 aromatic rings. The van der Waals surface area contributed by atoms with Crippen molar-refractivity contribution in [3.63, 3.8) is 0 Å². The molecule has 6 rings (SSSR count). The van der Waals surface area contributed by atoms with E-state index in [1.165, 1.54) is 12.1 Å². The van der Waals surface area contributed by atoms with Crippen LogP contribution in [0.3, 0.4) is 0 Å². The van der Waals surface area contributed by atoms with Crippen molar-refractivity contribution in [2.24, 2.45) is 0 Å². The summed E-state index contributed by atoms with van der Waals surface area (Å²) in [6.45, 7) is 1.52. The number of rotatable bonds is 10. The third kappa shape index (κ3) is 6.68. The van der Waals surface area contributed by atoms with Gasteiger partial charge in [0.15, 0.2) is 5.65 Å². The van der Waals surface area contributed by atoms with E-state index >= 15 is 0 Å². The van der Waals surface area contributed by atoms with Gasteiger partial charge in [0.05, 0.1) is 18.9 Å². The minimum atomic E-state index is -0.314. The van der Waals surface area contributed by atoms with Crippen molar-refractivity contribution in [2.75, 3.05) is 25.6 Å². The van der Waals surface area contributed by atoms with Crippen molar-refractivity contribution < 1.29 is 23.5 Å². The lowest BCUT2D eigenvalue weighted by molar-refractivity contribution is 0.0857. The summed E-state index contributed by atoms with van der Waals surface area (Å²) in [5, 5.41) is 13.5. The number of fused-ring (bicyclic) bond motifs is 1. The van der Waals surface area contributed by atoms with Crippen LogP contribution in [0.15, 0.2) is 85.1 Å². The maximum Gasteiger partial charge on any atom is 0.251 e. The Morgan fingerprint density at radius 2 is 1.70 bits per heavy atom. The number of hydrogen-bond donors (Lipinski definition) is 3. The molecule has 10 nitrogen and oxygen atoms in total. The number of amides is 2. The van der Waals surface area contributed by atoms with Crippen LogP contribution in [0.25, 0.3) is 16.8 Å². The molecule has 0 bridgehead atoms. The predicted octanol–water partition coefficient (Wildman–Crippen LogP) is 5.13. The quantitative estimate of drug-likeness (QED) is 0.205. The van der Waals surface area contributed by atoms with Crippen LogP contribution in [0.4, 0.5) is 16.0 Å². The van der Waals surface area contributed by atoms with Crippen LogP contribution >= 0.6 is 0 Å². The molecule has 2 amide bonds. The minimum absolute atomic E-state index is 0.0642. The molecule has 2 aromatic heterocycles. The lowest BCUT2D eigenvalue weighted by Gasteiger charge is -2.13. The highest BCUT2D eigenvalue weighted by Crippen LogP contribution is 2.28. The van der Waals surface area contributed by atoms with Gasteiger partial charge >= 0.3 is 0 Å². The fourth-order valence-electron chi connectivity index (χ4n) is 4.98. The third-order valence-corrected chi connectivity index (χ3v) is 7.40. The lowest BCUT2D eigenvalue weighted by atomic mass is 10.1. The molecule has 0 spiro atoms. The first-order valence-electron chi connectivity index (χ1n) is 14.3. The van der Waals surface area contributed by atoms with Crippen LogP contribution in [0.5, 0.6) is 5.75 Å². The van der Waals surface area contributed by atoms with E-state index in [0.717, 1.165) is 36.1 Å². The highest BCUT2D eigenvalue weighted by molar-refractivity contribution is 5.95. The molecule has 0 unspecified atom stereocenters. The molecule has 1 fully saturated rings. The molecule has 1 aliphatic rings. The summed E-state index contributed by atoms with van der Waals surface area (Å²) < 4.78 is 25.9. The maximum absolute atomic E-state index is 13.1. The Kier molecular flexibility index (Phi) is 8.46.